The minimum Gasteiger partial charge on any atom is -0.371 e. The molecule has 5 nitrogen and oxygen atoms in total. The van der Waals surface area contributed by atoms with Crippen molar-refractivity contribution in [2.45, 2.75) is 17.6 Å². The van der Waals surface area contributed by atoms with Crippen molar-refractivity contribution >= 4 is 21.4 Å². The molecule has 0 radical (unpaired) electrons. The highest BCUT2D eigenvalue weighted by Crippen LogP contribution is 2.20. The van der Waals surface area contributed by atoms with Crippen molar-refractivity contribution in [3.05, 3.63) is 16.3 Å². The average Bonchev–Trinajstić information content (AvgIpc) is 2.75. The van der Waals surface area contributed by atoms with Gasteiger partial charge in [0.05, 0.1) is 11.5 Å². The van der Waals surface area contributed by atoms with Crippen LogP contribution in [-0.2, 0) is 21.3 Å². The van der Waals surface area contributed by atoms with E-state index in [0.717, 1.165) is 0 Å². The summed E-state index contributed by atoms with van der Waals surface area (Å²) in [7, 11) is -3.76. The molecule has 0 fully saturated rings. The van der Waals surface area contributed by atoms with Crippen molar-refractivity contribution in [3.63, 3.8) is 0 Å². The van der Waals surface area contributed by atoms with Gasteiger partial charge in [-0.25, -0.2) is 13.1 Å². The molecule has 0 saturated heterocycles. The Hall–Kier alpha value is -0.680. The Morgan fingerprint density at radius 2 is 2.11 bits per heavy atom. The molecule has 0 aliphatic rings. The molecule has 0 amide bonds. The summed E-state index contributed by atoms with van der Waals surface area (Å²) < 4.78 is 65.3. The van der Waals surface area contributed by atoms with Crippen molar-refractivity contribution in [2.75, 3.05) is 19.8 Å². The number of hydrogen-bond donors (Lipinski definition) is 2. The zero-order chi connectivity index (χ0) is 14.5. The second-order valence-corrected chi connectivity index (χ2v) is 6.21. The van der Waals surface area contributed by atoms with E-state index in [9.17, 15) is 21.6 Å². The van der Waals surface area contributed by atoms with Crippen LogP contribution in [0.5, 0.6) is 0 Å². The Bertz CT molecular complexity index is 499. The van der Waals surface area contributed by atoms with Gasteiger partial charge in [0.1, 0.15) is 6.61 Å². The highest BCUT2D eigenvalue weighted by Gasteiger charge is 2.27. The van der Waals surface area contributed by atoms with Crippen LogP contribution in [0.2, 0.25) is 0 Å². The lowest BCUT2D eigenvalue weighted by atomic mass is 10.5. The van der Waals surface area contributed by atoms with E-state index in [2.05, 4.69) is 9.46 Å². The standard InChI is InChI=1S/C9H13F3N2O3S2/c10-9(11,12)6-17-3-2-14-19(15,16)8-1-4-18-7(8)5-13/h1,4,14H,2-3,5-6,13H2. The van der Waals surface area contributed by atoms with Gasteiger partial charge in [-0.1, -0.05) is 0 Å². The highest BCUT2D eigenvalue weighted by atomic mass is 32.2. The van der Waals surface area contributed by atoms with Crippen molar-refractivity contribution in [1.29, 1.82) is 0 Å². The first kappa shape index (κ1) is 16.4. The third-order valence-corrected chi connectivity index (χ3v) is 4.60. The lowest BCUT2D eigenvalue weighted by molar-refractivity contribution is -0.173. The van der Waals surface area contributed by atoms with Gasteiger partial charge in [0.2, 0.25) is 10.0 Å². The summed E-state index contributed by atoms with van der Waals surface area (Å²) in [6.45, 7) is -1.92. The van der Waals surface area contributed by atoms with E-state index in [0.29, 0.717) is 4.88 Å². The maximum atomic E-state index is 11.8. The number of hydrogen-bond acceptors (Lipinski definition) is 5. The van der Waals surface area contributed by atoms with Crippen molar-refractivity contribution in [2.24, 2.45) is 5.73 Å². The van der Waals surface area contributed by atoms with Gasteiger partial charge in [-0.2, -0.15) is 13.2 Å². The Morgan fingerprint density at radius 1 is 1.42 bits per heavy atom. The number of rotatable bonds is 7. The molecule has 0 saturated carbocycles. The zero-order valence-corrected chi connectivity index (χ0v) is 11.4. The van der Waals surface area contributed by atoms with Crippen LogP contribution in [0.15, 0.2) is 16.3 Å². The summed E-state index contributed by atoms with van der Waals surface area (Å²) in [4.78, 5) is 0.541. The third-order valence-electron chi connectivity index (χ3n) is 1.98. The van der Waals surface area contributed by atoms with Gasteiger partial charge < -0.3 is 10.5 Å². The van der Waals surface area contributed by atoms with Gasteiger partial charge in [-0.15, -0.1) is 11.3 Å². The second kappa shape index (κ2) is 6.66. The largest absolute Gasteiger partial charge is 0.411 e. The number of halogens is 3. The number of nitrogens with one attached hydrogen (secondary N) is 1. The van der Waals surface area contributed by atoms with Crippen molar-refractivity contribution in [1.82, 2.24) is 4.72 Å². The van der Waals surface area contributed by atoms with Crippen LogP contribution in [0.1, 0.15) is 4.88 Å². The first-order valence-electron chi connectivity index (χ1n) is 5.17. The predicted octanol–water partition coefficient (Wildman–Crippen LogP) is 1.06. The SMILES string of the molecule is NCc1sccc1S(=O)(=O)NCCOCC(F)(F)F. The van der Waals surface area contributed by atoms with Crippen LogP contribution in [0, 0.1) is 0 Å². The molecule has 0 aliphatic heterocycles. The lowest BCUT2D eigenvalue weighted by Gasteiger charge is -2.09. The van der Waals surface area contributed by atoms with Gasteiger partial charge in [0, 0.05) is 18.0 Å². The fraction of sp³-hybridized carbons (Fsp3) is 0.556. The molecular weight excluding hydrogens is 305 g/mol. The molecule has 0 bridgehead atoms. The Kier molecular flexibility index (Phi) is 5.74. The van der Waals surface area contributed by atoms with Crippen LogP contribution in [0.25, 0.3) is 0 Å². The van der Waals surface area contributed by atoms with E-state index >= 15 is 0 Å². The Labute approximate surface area is 112 Å². The van der Waals surface area contributed by atoms with E-state index in [-0.39, 0.29) is 24.6 Å². The van der Waals surface area contributed by atoms with Crippen molar-refractivity contribution in [3.8, 4) is 0 Å². The molecule has 10 heteroatoms. The number of nitrogens with two attached hydrogens (primary N) is 1. The minimum absolute atomic E-state index is 0.0517. The lowest BCUT2D eigenvalue weighted by Crippen LogP contribution is -2.29. The third kappa shape index (κ3) is 5.45. The molecule has 1 aromatic rings. The van der Waals surface area contributed by atoms with Crippen molar-refractivity contribution < 1.29 is 26.3 Å². The molecular formula is C9H13F3N2O3S2. The normalized spacial score (nSPS) is 12.8. The van der Waals surface area contributed by atoms with Crippen LogP contribution >= 0.6 is 11.3 Å². The van der Waals surface area contributed by atoms with Crippen LogP contribution in [0.4, 0.5) is 13.2 Å². The van der Waals surface area contributed by atoms with E-state index < -0.39 is 22.8 Å². The molecule has 1 rings (SSSR count). The fourth-order valence-electron chi connectivity index (χ4n) is 1.23. The zero-order valence-electron chi connectivity index (χ0n) is 9.74. The van der Waals surface area contributed by atoms with E-state index in [1.54, 1.807) is 5.38 Å². The van der Waals surface area contributed by atoms with Gasteiger partial charge in [0.25, 0.3) is 0 Å². The summed E-state index contributed by atoms with van der Waals surface area (Å²) in [5, 5.41) is 1.58. The van der Waals surface area contributed by atoms with E-state index in [1.165, 1.54) is 17.4 Å². The molecule has 0 spiro atoms. The van der Waals surface area contributed by atoms with Gasteiger partial charge in [-0.3, -0.25) is 0 Å². The minimum atomic E-state index is -4.42. The fourth-order valence-corrected chi connectivity index (χ4v) is 3.58. The number of ether oxygens (including phenoxy) is 1. The van der Waals surface area contributed by atoms with E-state index in [4.69, 9.17) is 5.73 Å². The number of thiophene rings is 1. The molecule has 110 valence electrons. The second-order valence-electron chi connectivity index (χ2n) is 3.48. The molecule has 0 atom stereocenters. The molecule has 0 unspecified atom stereocenters. The highest BCUT2D eigenvalue weighted by molar-refractivity contribution is 7.89. The maximum Gasteiger partial charge on any atom is 0.411 e. The summed E-state index contributed by atoms with van der Waals surface area (Å²) in [5.41, 5.74) is 5.38. The predicted molar refractivity (Wildman–Crippen MR) is 64.3 cm³/mol. The summed E-state index contributed by atoms with van der Waals surface area (Å²) >= 11 is 1.20. The summed E-state index contributed by atoms with van der Waals surface area (Å²) in [5.74, 6) is 0. The first-order valence-corrected chi connectivity index (χ1v) is 7.53. The number of alkyl halides is 3. The quantitative estimate of drug-likeness (QED) is 0.737. The molecule has 1 aromatic heterocycles. The van der Waals surface area contributed by atoms with E-state index in [1.807, 2.05) is 0 Å². The Morgan fingerprint density at radius 3 is 2.68 bits per heavy atom. The van der Waals surface area contributed by atoms with Gasteiger partial charge >= 0.3 is 6.18 Å². The topological polar surface area (TPSA) is 81.4 Å². The maximum absolute atomic E-state index is 11.8. The first-order chi connectivity index (χ1) is 8.76. The van der Waals surface area contributed by atoms with Crippen LogP contribution in [-0.4, -0.2) is 34.4 Å². The summed E-state index contributed by atoms with van der Waals surface area (Å²) in [6.07, 6.45) is -4.42. The molecule has 1 heterocycles. The molecule has 0 aromatic carbocycles. The van der Waals surface area contributed by atoms with Crippen LogP contribution in [0.3, 0.4) is 0 Å². The average molecular weight is 318 g/mol. The molecule has 19 heavy (non-hydrogen) atoms. The van der Waals surface area contributed by atoms with Gasteiger partial charge in [0.15, 0.2) is 0 Å². The summed E-state index contributed by atoms with van der Waals surface area (Å²) in [6, 6.07) is 1.39. The smallest absolute Gasteiger partial charge is 0.371 e. The van der Waals surface area contributed by atoms with Crippen LogP contribution < -0.4 is 10.5 Å². The van der Waals surface area contributed by atoms with Gasteiger partial charge in [-0.05, 0) is 11.4 Å². The molecule has 0 aliphatic carbocycles. The monoisotopic (exact) mass is 318 g/mol. The number of sulfonamides is 1. The molecule has 3 N–H and O–H groups in total. The Balaban J connectivity index is 2.44.